The number of hydrogen-bond donors (Lipinski definition) is 0. The van der Waals surface area contributed by atoms with Gasteiger partial charge in [0.15, 0.2) is 0 Å². The fourth-order valence-corrected chi connectivity index (χ4v) is 6.18. The molecule has 0 aromatic heterocycles. The molecule has 0 bridgehead atoms. The maximum absolute atomic E-state index is 14.2. The summed E-state index contributed by atoms with van der Waals surface area (Å²) in [6.07, 6.45) is 0. The largest absolute Gasteiger partial charge is 0.467 e. The topological polar surface area (TPSA) is 52.9 Å². The highest BCUT2D eigenvalue weighted by Gasteiger charge is 2.58. The predicted octanol–water partition coefficient (Wildman–Crippen LogP) is 4.51. The molecule has 0 radical (unpaired) electrons. The van der Waals surface area contributed by atoms with Crippen LogP contribution < -0.4 is 0 Å². The Kier molecular flexibility index (Phi) is 7.20. The second kappa shape index (κ2) is 11.1. The van der Waals surface area contributed by atoms with Crippen LogP contribution >= 0.6 is 0 Å². The maximum Gasteiger partial charge on any atom is 0.329 e. The summed E-state index contributed by atoms with van der Waals surface area (Å²) < 4.78 is 5.14. The molecule has 6 nitrogen and oxygen atoms in total. The van der Waals surface area contributed by atoms with E-state index in [4.69, 9.17) is 4.74 Å². The number of hydrogen-bond acceptors (Lipinski definition) is 5. The number of carbonyl (C=O) groups is 2. The van der Waals surface area contributed by atoms with Crippen molar-refractivity contribution in [3.63, 3.8) is 0 Å². The van der Waals surface area contributed by atoms with E-state index in [2.05, 4.69) is 58.3 Å². The quantitative estimate of drug-likeness (QED) is 0.190. The Morgan fingerprint density at radius 2 is 1.18 bits per heavy atom. The molecule has 6 rings (SSSR count). The Hall–Kier alpha value is -4.26. The van der Waals surface area contributed by atoms with Crippen LogP contribution in [0, 0.1) is 0 Å². The third-order valence-corrected chi connectivity index (χ3v) is 8.07. The van der Waals surface area contributed by atoms with Crippen molar-refractivity contribution < 1.29 is 14.3 Å². The van der Waals surface area contributed by atoms with Crippen molar-refractivity contribution >= 4 is 11.9 Å². The number of nitrogens with zero attached hydrogens (tertiary/aromatic N) is 3. The average molecular weight is 532 g/mol. The highest BCUT2D eigenvalue weighted by molar-refractivity contribution is 5.90. The molecule has 2 fully saturated rings. The summed E-state index contributed by atoms with van der Waals surface area (Å²) in [4.78, 5) is 33.2. The molecule has 0 saturated carbocycles. The lowest BCUT2D eigenvalue weighted by molar-refractivity contribution is -0.150. The maximum atomic E-state index is 14.2. The van der Waals surface area contributed by atoms with Crippen LogP contribution in [0.5, 0.6) is 0 Å². The highest BCUT2D eigenvalue weighted by Crippen LogP contribution is 2.48. The fraction of sp³-hybridized carbons (Fsp3) is 0.235. The molecule has 40 heavy (non-hydrogen) atoms. The van der Waals surface area contributed by atoms with Crippen molar-refractivity contribution in [1.82, 2.24) is 14.7 Å². The number of carbonyl (C=O) groups excluding carboxylic acids is 2. The lowest BCUT2D eigenvalue weighted by atomic mass is 9.76. The van der Waals surface area contributed by atoms with Gasteiger partial charge in [-0.3, -0.25) is 14.6 Å². The van der Waals surface area contributed by atoms with Gasteiger partial charge < -0.3 is 9.64 Å². The van der Waals surface area contributed by atoms with Gasteiger partial charge in [-0.1, -0.05) is 121 Å². The Morgan fingerprint density at radius 1 is 0.700 bits per heavy atom. The number of ether oxygens (including phenoxy) is 1. The molecule has 202 valence electrons. The van der Waals surface area contributed by atoms with E-state index in [0.717, 1.165) is 22.3 Å². The first kappa shape index (κ1) is 26.0. The molecule has 0 spiro atoms. The molecular formula is C34H33N3O3. The van der Waals surface area contributed by atoms with Crippen molar-refractivity contribution in [2.24, 2.45) is 0 Å². The summed E-state index contributed by atoms with van der Waals surface area (Å²) in [5, 5.41) is 0. The minimum Gasteiger partial charge on any atom is -0.467 e. The van der Waals surface area contributed by atoms with E-state index in [1.54, 1.807) is 4.90 Å². The molecule has 2 aliphatic rings. The third kappa shape index (κ3) is 4.70. The summed E-state index contributed by atoms with van der Waals surface area (Å²) in [6.45, 7) is 2.07. The predicted molar refractivity (Wildman–Crippen MR) is 154 cm³/mol. The Labute approximate surface area is 235 Å². The first-order valence-corrected chi connectivity index (χ1v) is 13.7. The van der Waals surface area contributed by atoms with E-state index in [9.17, 15) is 9.59 Å². The standard InChI is InChI=1S/C34H33N3O3/c1-40-33(39)31-23-35(22-26-14-6-2-7-15-26)25-36(31)32(38)30-24-37(30)34(27-16-8-3-9-17-27,28-18-10-4-11-19-28)29-20-12-5-13-21-29/h2-21,30-31H,22-25H2,1H3/t30?,31?,37-/m1/s1. The van der Waals surface area contributed by atoms with E-state index >= 15 is 0 Å². The van der Waals surface area contributed by atoms with Crippen molar-refractivity contribution in [2.75, 3.05) is 26.9 Å². The molecule has 1 amide bonds. The van der Waals surface area contributed by atoms with Gasteiger partial charge in [0.2, 0.25) is 5.91 Å². The molecule has 6 heteroatoms. The fourth-order valence-electron chi connectivity index (χ4n) is 6.18. The lowest BCUT2D eigenvalue weighted by Gasteiger charge is -2.38. The minimum absolute atomic E-state index is 0.0434. The summed E-state index contributed by atoms with van der Waals surface area (Å²) >= 11 is 0. The number of rotatable bonds is 8. The summed E-state index contributed by atoms with van der Waals surface area (Å²) in [5.74, 6) is -0.422. The number of methoxy groups -OCH3 is 1. The van der Waals surface area contributed by atoms with Gasteiger partial charge >= 0.3 is 5.97 Å². The third-order valence-electron chi connectivity index (χ3n) is 8.07. The van der Waals surface area contributed by atoms with Crippen LogP contribution in [-0.2, 0) is 26.4 Å². The second-order valence-corrected chi connectivity index (χ2v) is 10.5. The molecule has 0 N–H and O–H groups in total. The van der Waals surface area contributed by atoms with Gasteiger partial charge in [-0.15, -0.1) is 0 Å². The molecule has 0 aliphatic carbocycles. The molecular weight excluding hydrogens is 498 g/mol. The van der Waals surface area contributed by atoms with E-state index in [1.807, 2.05) is 72.8 Å². The second-order valence-electron chi connectivity index (χ2n) is 10.5. The van der Waals surface area contributed by atoms with Crippen molar-refractivity contribution in [1.29, 1.82) is 0 Å². The molecule has 3 atom stereocenters. The van der Waals surface area contributed by atoms with Crippen LogP contribution in [0.15, 0.2) is 121 Å². The van der Waals surface area contributed by atoms with E-state index in [-0.39, 0.29) is 17.9 Å². The lowest BCUT2D eigenvalue weighted by Crippen LogP contribution is -2.47. The first-order valence-electron chi connectivity index (χ1n) is 13.7. The summed E-state index contributed by atoms with van der Waals surface area (Å²) in [6, 6.07) is 40.2. The zero-order valence-corrected chi connectivity index (χ0v) is 22.6. The number of benzene rings is 4. The van der Waals surface area contributed by atoms with E-state index in [0.29, 0.717) is 26.3 Å². The number of amides is 1. The van der Waals surface area contributed by atoms with E-state index < -0.39 is 11.6 Å². The monoisotopic (exact) mass is 531 g/mol. The Balaban J connectivity index is 1.36. The zero-order chi connectivity index (χ0) is 27.5. The molecule has 4 aromatic carbocycles. The molecule has 4 aromatic rings. The number of esters is 1. The SMILES string of the molecule is COC(=O)C1CN(Cc2ccccc2)CN1C(=O)C1C[N@@]1C(c1ccccc1)(c1ccccc1)c1ccccc1. The normalized spacial score (nSPS) is 20.7. The van der Waals surface area contributed by atoms with Crippen LogP contribution in [0.2, 0.25) is 0 Å². The highest BCUT2D eigenvalue weighted by atomic mass is 16.5. The minimum atomic E-state index is -0.658. The molecule has 2 unspecified atom stereocenters. The average Bonchev–Trinajstić information content (AvgIpc) is 3.71. The molecule has 2 heterocycles. The first-order chi connectivity index (χ1) is 19.6. The summed E-state index contributed by atoms with van der Waals surface area (Å²) in [7, 11) is 1.39. The van der Waals surface area contributed by atoms with Gasteiger partial charge in [-0.25, -0.2) is 4.79 Å². The van der Waals surface area contributed by atoms with Gasteiger partial charge in [0.1, 0.15) is 12.1 Å². The van der Waals surface area contributed by atoms with Crippen LogP contribution in [0.25, 0.3) is 0 Å². The summed E-state index contributed by atoms with van der Waals surface area (Å²) in [5.41, 5.74) is 3.77. The van der Waals surface area contributed by atoms with E-state index in [1.165, 1.54) is 7.11 Å². The van der Waals surface area contributed by atoms with Crippen LogP contribution in [0.1, 0.15) is 22.3 Å². The van der Waals surface area contributed by atoms with Gasteiger partial charge in [0.25, 0.3) is 0 Å². The van der Waals surface area contributed by atoms with Gasteiger partial charge in [-0.2, -0.15) is 0 Å². The van der Waals surface area contributed by atoms with Crippen molar-refractivity contribution in [3.8, 4) is 0 Å². The Morgan fingerprint density at radius 3 is 1.65 bits per heavy atom. The smallest absolute Gasteiger partial charge is 0.329 e. The van der Waals surface area contributed by atoms with Crippen molar-refractivity contribution in [3.05, 3.63) is 144 Å². The van der Waals surface area contributed by atoms with Gasteiger partial charge in [0, 0.05) is 19.6 Å². The van der Waals surface area contributed by atoms with Crippen molar-refractivity contribution in [2.45, 2.75) is 24.2 Å². The zero-order valence-electron chi connectivity index (χ0n) is 22.6. The molecule has 2 saturated heterocycles. The van der Waals surface area contributed by atoms with Gasteiger partial charge in [-0.05, 0) is 22.3 Å². The Bertz CT molecular complexity index is 1350. The van der Waals surface area contributed by atoms with Crippen LogP contribution in [0.4, 0.5) is 0 Å². The van der Waals surface area contributed by atoms with Crippen LogP contribution in [0.3, 0.4) is 0 Å². The van der Waals surface area contributed by atoms with Crippen LogP contribution in [-0.4, -0.2) is 65.5 Å². The van der Waals surface area contributed by atoms with Gasteiger partial charge in [0.05, 0.1) is 19.3 Å². The molecule has 2 aliphatic heterocycles.